The number of methoxy groups -OCH3 is 1. The highest BCUT2D eigenvalue weighted by Crippen LogP contribution is 2.18. The summed E-state index contributed by atoms with van der Waals surface area (Å²) < 4.78 is 5.10. The highest BCUT2D eigenvalue weighted by atomic mass is 79.9. The minimum atomic E-state index is 0.310. The van der Waals surface area contributed by atoms with Gasteiger partial charge >= 0.3 is 0 Å². The van der Waals surface area contributed by atoms with Crippen LogP contribution in [-0.4, -0.2) is 28.7 Å². The fourth-order valence-electron chi connectivity index (χ4n) is 1.70. The zero-order chi connectivity index (χ0) is 11.4. The number of ether oxygens (including phenoxy) is 1. The number of benzene rings is 1. The van der Waals surface area contributed by atoms with Crippen LogP contribution in [0, 0.1) is 0 Å². The molecule has 0 aliphatic heterocycles. The molecule has 3 nitrogen and oxygen atoms in total. The van der Waals surface area contributed by atoms with E-state index in [-0.39, 0.29) is 0 Å². The number of fused-ring (bicyclic) bond motifs is 1. The molecular weight excluding hydrogens is 268 g/mol. The summed E-state index contributed by atoms with van der Waals surface area (Å²) in [5, 5.41) is 9.28. The van der Waals surface area contributed by atoms with Crippen LogP contribution in [0.4, 0.5) is 0 Å². The first-order valence-electron chi connectivity index (χ1n) is 5.13. The number of aromatic nitrogens is 2. The molecule has 0 fully saturated rings. The quantitative estimate of drug-likeness (QED) is 0.808. The van der Waals surface area contributed by atoms with Gasteiger partial charge in [0.05, 0.1) is 18.3 Å². The lowest BCUT2D eigenvalue weighted by molar-refractivity contribution is 0.200. The van der Waals surface area contributed by atoms with Crippen LogP contribution in [0.2, 0.25) is 0 Å². The molecule has 0 saturated carbocycles. The van der Waals surface area contributed by atoms with Gasteiger partial charge in [-0.2, -0.15) is 10.2 Å². The summed E-state index contributed by atoms with van der Waals surface area (Å²) in [7, 11) is 1.71. The Morgan fingerprint density at radius 2 is 2.19 bits per heavy atom. The molecule has 0 aliphatic rings. The maximum atomic E-state index is 5.10. The topological polar surface area (TPSA) is 35.0 Å². The Kier molecular flexibility index (Phi) is 3.85. The summed E-state index contributed by atoms with van der Waals surface area (Å²) in [6.07, 6.45) is 2.72. The van der Waals surface area contributed by atoms with Crippen LogP contribution >= 0.6 is 15.9 Å². The second-order valence-corrected chi connectivity index (χ2v) is 4.94. The van der Waals surface area contributed by atoms with E-state index in [4.69, 9.17) is 4.74 Å². The van der Waals surface area contributed by atoms with E-state index in [9.17, 15) is 0 Å². The molecule has 84 valence electrons. The van der Waals surface area contributed by atoms with Crippen molar-refractivity contribution in [1.29, 1.82) is 0 Å². The molecule has 0 saturated heterocycles. The van der Waals surface area contributed by atoms with Gasteiger partial charge in [0.15, 0.2) is 0 Å². The molecule has 0 amide bonds. The Bertz CT molecular complexity index is 470. The number of rotatable bonds is 4. The molecule has 2 aromatic rings. The third kappa shape index (κ3) is 2.57. The van der Waals surface area contributed by atoms with Gasteiger partial charge in [0, 0.05) is 17.3 Å². The first-order valence-corrected chi connectivity index (χ1v) is 6.05. The van der Waals surface area contributed by atoms with Crippen LogP contribution in [0.5, 0.6) is 0 Å². The van der Waals surface area contributed by atoms with Gasteiger partial charge in [0.25, 0.3) is 0 Å². The molecule has 1 unspecified atom stereocenters. The van der Waals surface area contributed by atoms with Crippen LogP contribution in [0.25, 0.3) is 10.9 Å². The second kappa shape index (κ2) is 5.37. The van der Waals surface area contributed by atoms with E-state index in [1.54, 1.807) is 7.11 Å². The lowest BCUT2D eigenvalue weighted by Crippen LogP contribution is -2.10. The van der Waals surface area contributed by atoms with Crippen molar-refractivity contribution < 1.29 is 4.74 Å². The molecule has 4 heteroatoms. The van der Waals surface area contributed by atoms with Crippen LogP contribution in [0.3, 0.4) is 0 Å². The molecule has 0 bridgehead atoms. The summed E-state index contributed by atoms with van der Waals surface area (Å²) in [6.45, 7) is 0.691. The molecule has 0 radical (unpaired) electrons. The van der Waals surface area contributed by atoms with Gasteiger partial charge in [-0.1, -0.05) is 34.1 Å². The van der Waals surface area contributed by atoms with Gasteiger partial charge in [-0.25, -0.2) is 0 Å². The summed E-state index contributed by atoms with van der Waals surface area (Å²) >= 11 is 3.59. The monoisotopic (exact) mass is 280 g/mol. The lowest BCUT2D eigenvalue weighted by Gasteiger charge is -2.09. The molecule has 0 spiro atoms. The zero-order valence-electron chi connectivity index (χ0n) is 9.06. The third-order valence-electron chi connectivity index (χ3n) is 2.42. The molecule has 1 aromatic heterocycles. The van der Waals surface area contributed by atoms with Gasteiger partial charge in [-0.3, -0.25) is 0 Å². The van der Waals surface area contributed by atoms with Crippen molar-refractivity contribution in [1.82, 2.24) is 10.2 Å². The Balaban J connectivity index is 2.30. The molecule has 1 atom stereocenters. The predicted molar refractivity (Wildman–Crippen MR) is 67.8 cm³/mol. The highest BCUT2D eigenvalue weighted by molar-refractivity contribution is 9.09. The number of halogens is 1. The minimum Gasteiger partial charge on any atom is -0.384 e. The Hall–Kier alpha value is -1.00. The van der Waals surface area contributed by atoms with E-state index >= 15 is 0 Å². The van der Waals surface area contributed by atoms with Crippen LogP contribution in [-0.2, 0) is 11.2 Å². The average molecular weight is 281 g/mol. The summed E-state index contributed by atoms with van der Waals surface area (Å²) in [5.41, 5.74) is 2.14. The Morgan fingerprint density at radius 1 is 1.38 bits per heavy atom. The van der Waals surface area contributed by atoms with Crippen molar-refractivity contribution >= 4 is 26.8 Å². The summed E-state index contributed by atoms with van der Waals surface area (Å²) in [6, 6.07) is 8.05. The zero-order valence-corrected chi connectivity index (χ0v) is 10.6. The van der Waals surface area contributed by atoms with Crippen LogP contribution < -0.4 is 0 Å². The lowest BCUT2D eigenvalue weighted by atomic mass is 10.1. The maximum Gasteiger partial charge on any atom is 0.0932 e. The molecule has 1 aromatic carbocycles. The average Bonchev–Trinajstić information content (AvgIpc) is 2.30. The van der Waals surface area contributed by atoms with Crippen molar-refractivity contribution in [3.05, 3.63) is 36.0 Å². The normalized spacial score (nSPS) is 12.9. The van der Waals surface area contributed by atoms with Crippen molar-refractivity contribution in [3.8, 4) is 0 Å². The predicted octanol–water partition coefficient (Wildman–Crippen LogP) is 2.58. The molecule has 16 heavy (non-hydrogen) atoms. The maximum absolute atomic E-state index is 5.10. The minimum absolute atomic E-state index is 0.310. The van der Waals surface area contributed by atoms with Crippen LogP contribution in [0.1, 0.15) is 5.56 Å². The number of alkyl halides is 1. The highest BCUT2D eigenvalue weighted by Gasteiger charge is 2.08. The number of hydrogen-bond acceptors (Lipinski definition) is 3. The molecule has 1 heterocycles. The number of nitrogens with zero attached hydrogens (tertiary/aromatic N) is 2. The van der Waals surface area contributed by atoms with Gasteiger partial charge in [0.1, 0.15) is 0 Å². The SMILES string of the molecule is COCC(Br)Cc1cnnc2ccccc12. The van der Waals surface area contributed by atoms with E-state index in [1.165, 1.54) is 5.56 Å². The summed E-state index contributed by atoms with van der Waals surface area (Å²) in [4.78, 5) is 0.310. The molecular formula is C12H13BrN2O. The molecule has 0 aliphatic carbocycles. The van der Waals surface area contributed by atoms with Gasteiger partial charge in [0.2, 0.25) is 0 Å². The van der Waals surface area contributed by atoms with E-state index < -0.39 is 0 Å². The van der Waals surface area contributed by atoms with Crippen molar-refractivity contribution in [2.45, 2.75) is 11.2 Å². The first kappa shape index (κ1) is 11.5. The second-order valence-electron chi connectivity index (χ2n) is 3.64. The van der Waals surface area contributed by atoms with E-state index in [1.807, 2.05) is 24.4 Å². The third-order valence-corrected chi connectivity index (χ3v) is 3.01. The molecule has 0 N–H and O–H groups in total. The summed E-state index contributed by atoms with van der Waals surface area (Å²) in [5.74, 6) is 0. The fourth-order valence-corrected chi connectivity index (χ4v) is 2.32. The van der Waals surface area contributed by atoms with Gasteiger partial charge in [-0.15, -0.1) is 0 Å². The number of hydrogen-bond donors (Lipinski definition) is 0. The van der Waals surface area contributed by atoms with Crippen molar-refractivity contribution in [3.63, 3.8) is 0 Å². The van der Waals surface area contributed by atoms with Gasteiger partial charge in [-0.05, 0) is 18.1 Å². The van der Waals surface area contributed by atoms with Gasteiger partial charge < -0.3 is 4.74 Å². The fraction of sp³-hybridized carbons (Fsp3) is 0.333. The van der Waals surface area contributed by atoms with Crippen molar-refractivity contribution in [2.24, 2.45) is 0 Å². The molecule has 2 rings (SSSR count). The van der Waals surface area contributed by atoms with E-state index in [0.717, 1.165) is 17.3 Å². The van der Waals surface area contributed by atoms with E-state index in [2.05, 4.69) is 32.2 Å². The Morgan fingerprint density at radius 3 is 3.00 bits per heavy atom. The standard InChI is InChI=1S/C12H13BrN2O/c1-16-8-10(13)6-9-7-14-15-12-5-3-2-4-11(9)12/h2-5,7,10H,6,8H2,1H3. The van der Waals surface area contributed by atoms with Crippen LogP contribution in [0.15, 0.2) is 30.5 Å². The largest absolute Gasteiger partial charge is 0.384 e. The van der Waals surface area contributed by atoms with E-state index in [0.29, 0.717) is 11.4 Å². The Labute approximate surface area is 103 Å². The smallest absolute Gasteiger partial charge is 0.0932 e. The van der Waals surface area contributed by atoms with Crippen molar-refractivity contribution in [2.75, 3.05) is 13.7 Å². The first-order chi connectivity index (χ1) is 7.81.